The Bertz CT molecular complexity index is 1180. The van der Waals surface area contributed by atoms with E-state index < -0.39 is 0 Å². The van der Waals surface area contributed by atoms with Crippen LogP contribution in [0.25, 0.3) is 6.08 Å². The van der Waals surface area contributed by atoms with Gasteiger partial charge in [0.2, 0.25) is 16.9 Å². The summed E-state index contributed by atoms with van der Waals surface area (Å²) in [6, 6.07) is 13.0. The van der Waals surface area contributed by atoms with Crippen molar-refractivity contribution in [3.8, 4) is 5.75 Å². The molecule has 0 aliphatic carbocycles. The van der Waals surface area contributed by atoms with E-state index in [2.05, 4.69) is 15.5 Å². The Kier molecular flexibility index (Phi) is 6.53. The molecule has 32 heavy (non-hydrogen) atoms. The Balaban J connectivity index is 1.38. The van der Waals surface area contributed by atoms with Crippen LogP contribution < -0.4 is 15.0 Å². The number of carbonyl (C=O) groups excluding carboxylic acids is 2. The number of nitrogens with one attached hydrogen (secondary N) is 1. The highest BCUT2D eigenvalue weighted by Gasteiger charge is 2.34. The van der Waals surface area contributed by atoms with Crippen LogP contribution in [0, 0.1) is 6.92 Å². The first-order valence-corrected chi connectivity index (χ1v) is 11.2. The Morgan fingerprint density at radius 1 is 1.25 bits per heavy atom. The van der Waals surface area contributed by atoms with Crippen molar-refractivity contribution in [1.29, 1.82) is 0 Å². The number of benzene rings is 2. The zero-order valence-corrected chi connectivity index (χ0v) is 19.1. The van der Waals surface area contributed by atoms with Gasteiger partial charge in [0.05, 0.1) is 7.11 Å². The fraction of sp³-hybridized carbons (Fsp3) is 0.217. The van der Waals surface area contributed by atoms with Crippen molar-refractivity contribution in [3.05, 3.63) is 69.7 Å². The summed E-state index contributed by atoms with van der Waals surface area (Å²) in [6.07, 6.45) is 3.48. The van der Waals surface area contributed by atoms with Crippen LogP contribution in [0.4, 0.5) is 10.8 Å². The summed E-state index contributed by atoms with van der Waals surface area (Å²) >= 11 is 7.49. The second kappa shape index (κ2) is 9.50. The molecule has 1 fully saturated rings. The van der Waals surface area contributed by atoms with E-state index in [1.165, 1.54) is 17.4 Å². The zero-order valence-electron chi connectivity index (χ0n) is 17.5. The fourth-order valence-corrected chi connectivity index (χ4v) is 4.37. The van der Waals surface area contributed by atoms with Crippen LogP contribution >= 0.6 is 22.9 Å². The molecule has 0 saturated carbocycles. The molecule has 164 valence electrons. The van der Waals surface area contributed by atoms with Crippen LogP contribution in [0.5, 0.6) is 5.75 Å². The Morgan fingerprint density at radius 3 is 2.75 bits per heavy atom. The van der Waals surface area contributed by atoms with Crippen LogP contribution in [0.3, 0.4) is 0 Å². The van der Waals surface area contributed by atoms with Gasteiger partial charge in [0.15, 0.2) is 0 Å². The lowest BCUT2D eigenvalue weighted by molar-refractivity contribution is -0.117. The number of aryl methyl sites for hydroxylation is 1. The predicted molar refractivity (Wildman–Crippen MR) is 126 cm³/mol. The van der Waals surface area contributed by atoms with Gasteiger partial charge in [-0.1, -0.05) is 41.1 Å². The summed E-state index contributed by atoms with van der Waals surface area (Å²) in [7, 11) is 1.60. The van der Waals surface area contributed by atoms with E-state index in [1.807, 2.05) is 43.3 Å². The number of nitrogens with zero attached hydrogens (tertiary/aromatic N) is 3. The van der Waals surface area contributed by atoms with Crippen molar-refractivity contribution in [2.75, 3.05) is 23.9 Å². The average Bonchev–Trinajstić information content (AvgIpc) is 3.41. The van der Waals surface area contributed by atoms with Crippen molar-refractivity contribution in [2.45, 2.75) is 19.3 Å². The zero-order chi connectivity index (χ0) is 22.7. The van der Waals surface area contributed by atoms with Crippen molar-refractivity contribution < 1.29 is 14.3 Å². The summed E-state index contributed by atoms with van der Waals surface area (Å²) in [5.74, 6) is 0.378. The number of carbonyl (C=O) groups is 2. The maximum absolute atomic E-state index is 12.6. The molecule has 4 rings (SSSR count). The summed E-state index contributed by atoms with van der Waals surface area (Å²) < 4.78 is 5.12. The van der Waals surface area contributed by atoms with Crippen LogP contribution in [0.15, 0.2) is 48.5 Å². The van der Waals surface area contributed by atoms with Gasteiger partial charge in [0, 0.05) is 35.7 Å². The van der Waals surface area contributed by atoms with Crippen LogP contribution in [0.1, 0.15) is 28.5 Å². The van der Waals surface area contributed by atoms with Crippen molar-refractivity contribution >= 4 is 51.6 Å². The smallest absolute Gasteiger partial charge is 0.250 e. The number of hydrogen-bond donors (Lipinski definition) is 1. The van der Waals surface area contributed by atoms with Gasteiger partial charge in [-0.15, -0.1) is 10.2 Å². The van der Waals surface area contributed by atoms with Gasteiger partial charge in [-0.2, -0.15) is 0 Å². The molecular weight excluding hydrogens is 448 g/mol. The first-order valence-electron chi connectivity index (χ1n) is 9.96. The lowest BCUT2D eigenvalue weighted by Crippen LogP contribution is -2.24. The number of aromatic nitrogens is 2. The van der Waals surface area contributed by atoms with E-state index in [-0.39, 0.29) is 17.7 Å². The van der Waals surface area contributed by atoms with Crippen molar-refractivity contribution in [3.63, 3.8) is 0 Å². The molecule has 1 atom stereocenters. The highest BCUT2D eigenvalue weighted by molar-refractivity contribution is 7.15. The molecule has 3 aromatic rings. The molecule has 2 amide bonds. The SMILES string of the molecule is COc1ccc(/C=C/C(=O)Nc2nnc(C3CC(=O)N(c4ccc(C)c(Cl)c4)C3)s2)cc1. The molecule has 1 aromatic heterocycles. The van der Waals surface area contributed by atoms with Gasteiger partial charge in [-0.3, -0.25) is 14.9 Å². The number of hydrogen-bond acceptors (Lipinski definition) is 6. The second-order valence-corrected chi connectivity index (χ2v) is 8.80. The lowest BCUT2D eigenvalue weighted by atomic mass is 10.1. The van der Waals surface area contributed by atoms with E-state index in [9.17, 15) is 9.59 Å². The predicted octanol–water partition coefficient (Wildman–Crippen LogP) is 4.68. The van der Waals surface area contributed by atoms with Crippen LogP contribution in [-0.4, -0.2) is 35.7 Å². The van der Waals surface area contributed by atoms with E-state index in [1.54, 1.807) is 24.2 Å². The van der Waals surface area contributed by atoms with E-state index in [0.29, 0.717) is 28.1 Å². The third-order valence-corrected chi connectivity index (χ3v) is 6.56. The molecule has 7 nitrogen and oxygen atoms in total. The van der Waals surface area contributed by atoms with Crippen molar-refractivity contribution in [2.24, 2.45) is 0 Å². The fourth-order valence-electron chi connectivity index (χ4n) is 3.36. The van der Waals surface area contributed by atoms with Gasteiger partial charge >= 0.3 is 0 Å². The first-order chi connectivity index (χ1) is 15.4. The molecule has 2 aromatic carbocycles. The third kappa shape index (κ3) is 4.98. The highest BCUT2D eigenvalue weighted by Crippen LogP contribution is 2.35. The Labute approximate surface area is 194 Å². The Morgan fingerprint density at radius 2 is 2.03 bits per heavy atom. The number of amides is 2. The monoisotopic (exact) mass is 468 g/mol. The molecule has 1 saturated heterocycles. The topological polar surface area (TPSA) is 84.4 Å². The number of rotatable bonds is 6. The summed E-state index contributed by atoms with van der Waals surface area (Å²) in [5, 5.41) is 12.7. The van der Waals surface area contributed by atoms with Crippen LogP contribution in [-0.2, 0) is 9.59 Å². The molecule has 0 spiro atoms. The molecule has 2 heterocycles. The minimum atomic E-state index is -0.304. The summed E-state index contributed by atoms with van der Waals surface area (Å²) in [6.45, 7) is 2.42. The van der Waals surface area contributed by atoms with Gasteiger partial charge in [0.25, 0.3) is 0 Å². The first kappa shape index (κ1) is 22.0. The molecule has 0 radical (unpaired) electrons. The van der Waals surface area contributed by atoms with Gasteiger partial charge < -0.3 is 9.64 Å². The van der Waals surface area contributed by atoms with Crippen molar-refractivity contribution in [1.82, 2.24) is 10.2 Å². The normalized spacial score (nSPS) is 16.0. The minimum absolute atomic E-state index is 0.0122. The summed E-state index contributed by atoms with van der Waals surface area (Å²) in [5.41, 5.74) is 2.61. The van der Waals surface area contributed by atoms with E-state index in [4.69, 9.17) is 16.3 Å². The molecule has 1 aliphatic heterocycles. The third-order valence-electron chi connectivity index (χ3n) is 5.16. The molecule has 1 unspecified atom stereocenters. The quantitative estimate of drug-likeness (QED) is 0.531. The van der Waals surface area contributed by atoms with Crippen LogP contribution in [0.2, 0.25) is 5.02 Å². The van der Waals surface area contributed by atoms with E-state index in [0.717, 1.165) is 22.6 Å². The van der Waals surface area contributed by atoms with Gasteiger partial charge in [-0.05, 0) is 48.4 Å². The van der Waals surface area contributed by atoms with Gasteiger partial charge in [0.1, 0.15) is 10.8 Å². The largest absolute Gasteiger partial charge is 0.497 e. The number of ether oxygens (including phenoxy) is 1. The number of methoxy groups -OCH3 is 1. The molecule has 1 aliphatic rings. The molecule has 9 heteroatoms. The minimum Gasteiger partial charge on any atom is -0.497 e. The number of halogens is 1. The second-order valence-electron chi connectivity index (χ2n) is 7.38. The lowest BCUT2D eigenvalue weighted by Gasteiger charge is -2.17. The molecule has 1 N–H and O–H groups in total. The standard InChI is InChI=1S/C23H21ClN4O3S/c1-14-3-7-17(12-19(14)24)28-13-16(11-21(28)30)22-26-27-23(32-22)25-20(29)10-6-15-4-8-18(31-2)9-5-15/h3-10,12,16H,11,13H2,1-2H3,(H,25,27,29)/b10-6+. The molecular formula is C23H21ClN4O3S. The highest BCUT2D eigenvalue weighted by atomic mass is 35.5. The average molecular weight is 469 g/mol. The maximum atomic E-state index is 12.6. The number of anilines is 2. The maximum Gasteiger partial charge on any atom is 0.250 e. The Hall–Kier alpha value is -3.23. The summed E-state index contributed by atoms with van der Waals surface area (Å²) in [4.78, 5) is 26.5. The van der Waals surface area contributed by atoms with Gasteiger partial charge in [-0.25, -0.2) is 0 Å². The molecule has 0 bridgehead atoms. The van der Waals surface area contributed by atoms with E-state index >= 15 is 0 Å².